The lowest BCUT2D eigenvalue weighted by Gasteiger charge is -2.11. The maximum absolute atomic E-state index is 6.14. The molecular weight excluding hydrogens is 274 g/mol. The van der Waals surface area contributed by atoms with Crippen LogP contribution in [-0.4, -0.2) is 9.97 Å². The highest BCUT2D eigenvalue weighted by molar-refractivity contribution is 7.21. The van der Waals surface area contributed by atoms with Gasteiger partial charge in [-0.3, -0.25) is 0 Å². The third kappa shape index (κ3) is 2.41. The van der Waals surface area contributed by atoms with Crippen LogP contribution in [0.25, 0.3) is 20.9 Å². The van der Waals surface area contributed by atoms with Gasteiger partial charge >= 0.3 is 0 Å². The largest absolute Gasteiger partial charge is 0.322 e. The number of fused-ring (bicyclic) bond motifs is 1. The summed E-state index contributed by atoms with van der Waals surface area (Å²) in [4.78, 5) is 9.26. The highest BCUT2D eigenvalue weighted by Gasteiger charge is 2.16. The molecule has 0 radical (unpaired) electrons. The van der Waals surface area contributed by atoms with E-state index in [0.29, 0.717) is 5.92 Å². The van der Waals surface area contributed by atoms with Crippen LogP contribution in [0.15, 0.2) is 29.6 Å². The van der Waals surface area contributed by atoms with Gasteiger partial charge in [0.05, 0.1) is 16.3 Å². The van der Waals surface area contributed by atoms with Crippen LogP contribution in [0.5, 0.6) is 0 Å². The Hall–Kier alpha value is -1.30. The molecule has 1 aromatic carbocycles. The second-order valence-corrected chi connectivity index (χ2v) is 6.75. The molecule has 5 heteroatoms. The summed E-state index contributed by atoms with van der Waals surface area (Å²) < 4.78 is 1.19. The van der Waals surface area contributed by atoms with Gasteiger partial charge in [0.1, 0.15) is 15.7 Å². The number of hydrogen-bond donors (Lipinski definition) is 1. The molecule has 19 heavy (non-hydrogen) atoms. The summed E-state index contributed by atoms with van der Waals surface area (Å²) in [5.41, 5.74) is 8.11. The second-order valence-electron chi connectivity index (χ2n) is 4.83. The molecule has 3 nitrogen and oxygen atoms in total. The van der Waals surface area contributed by atoms with E-state index < -0.39 is 0 Å². The molecule has 0 bridgehead atoms. The highest BCUT2D eigenvalue weighted by Crippen LogP contribution is 2.32. The molecule has 2 heterocycles. The minimum atomic E-state index is 0.00753. The number of aromatic nitrogens is 2. The van der Waals surface area contributed by atoms with Gasteiger partial charge < -0.3 is 5.73 Å². The molecule has 3 aromatic rings. The molecule has 2 aromatic heterocycles. The van der Waals surface area contributed by atoms with E-state index >= 15 is 0 Å². The van der Waals surface area contributed by atoms with Crippen molar-refractivity contribution in [1.82, 2.24) is 9.97 Å². The third-order valence-corrected chi connectivity index (χ3v) is 5.04. The first kappa shape index (κ1) is 12.7. The monoisotopic (exact) mass is 289 g/mol. The first-order valence-electron chi connectivity index (χ1n) is 6.22. The topological polar surface area (TPSA) is 51.8 Å². The van der Waals surface area contributed by atoms with Gasteiger partial charge in [0.15, 0.2) is 0 Å². The lowest BCUT2D eigenvalue weighted by molar-refractivity contribution is 0.512. The van der Waals surface area contributed by atoms with Crippen LogP contribution in [0.1, 0.15) is 24.9 Å². The molecule has 2 N–H and O–H groups in total. The van der Waals surface area contributed by atoms with Crippen molar-refractivity contribution >= 4 is 32.9 Å². The van der Waals surface area contributed by atoms with E-state index in [1.807, 2.05) is 18.2 Å². The van der Waals surface area contributed by atoms with Crippen LogP contribution in [0.2, 0.25) is 0 Å². The molecule has 0 aliphatic carbocycles. The summed E-state index contributed by atoms with van der Waals surface area (Å²) in [5.74, 6) is 0.398. The van der Waals surface area contributed by atoms with Crippen molar-refractivity contribution < 1.29 is 0 Å². The molecule has 0 aliphatic heterocycles. The number of hydrogen-bond acceptors (Lipinski definition) is 5. The SMILES string of the molecule is CC(C)C(N)c1nc(-c2nc3ccccc3s2)cs1. The van der Waals surface area contributed by atoms with E-state index in [1.54, 1.807) is 22.7 Å². The fourth-order valence-electron chi connectivity index (χ4n) is 1.81. The summed E-state index contributed by atoms with van der Waals surface area (Å²) >= 11 is 3.30. The Morgan fingerprint density at radius 1 is 1.16 bits per heavy atom. The van der Waals surface area contributed by atoms with E-state index in [0.717, 1.165) is 21.2 Å². The van der Waals surface area contributed by atoms with Gasteiger partial charge in [0.2, 0.25) is 0 Å². The van der Waals surface area contributed by atoms with Crippen LogP contribution in [0.3, 0.4) is 0 Å². The highest BCUT2D eigenvalue weighted by atomic mass is 32.1. The lowest BCUT2D eigenvalue weighted by atomic mass is 10.1. The first-order chi connectivity index (χ1) is 9.15. The molecule has 1 atom stereocenters. The Labute approximate surface area is 120 Å². The number of benzene rings is 1. The first-order valence-corrected chi connectivity index (χ1v) is 7.91. The van der Waals surface area contributed by atoms with Crippen LogP contribution in [0, 0.1) is 5.92 Å². The summed E-state index contributed by atoms with van der Waals surface area (Å²) in [6, 6.07) is 8.16. The number of rotatable bonds is 3. The van der Waals surface area contributed by atoms with Crippen LogP contribution in [-0.2, 0) is 0 Å². The van der Waals surface area contributed by atoms with Gasteiger partial charge in [-0.15, -0.1) is 22.7 Å². The molecule has 3 rings (SSSR count). The second kappa shape index (κ2) is 5.00. The zero-order chi connectivity index (χ0) is 13.4. The summed E-state index contributed by atoms with van der Waals surface area (Å²) in [6.45, 7) is 4.23. The average molecular weight is 289 g/mol. The van der Waals surface area contributed by atoms with E-state index in [-0.39, 0.29) is 6.04 Å². The van der Waals surface area contributed by atoms with Crippen LogP contribution >= 0.6 is 22.7 Å². The lowest BCUT2D eigenvalue weighted by Crippen LogP contribution is -2.16. The number of nitrogens with two attached hydrogens (primary N) is 1. The molecule has 0 saturated heterocycles. The Morgan fingerprint density at radius 3 is 2.68 bits per heavy atom. The maximum Gasteiger partial charge on any atom is 0.143 e. The minimum Gasteiger partial charge on any atom is -0.322 e. The predicted octanol–water partition coefficient (Wildman–Crippen LogP) is 4.08. The molecule has 1 unspecified atom stereocenters. The van der Waals surface area contributed by atoms with Gasteiger partial charge in [-0.2, -0.15) is 0 Å². The van der Waals surface area contributed by atoms with Gasteiger partial charge in [-0.05, 0) is 18.1 Å². The van der Waals surface area contributed by atoms with Crippen molar-refractivity contribution in [3.8, 4) is 10.7 Å². The number of para-hydroxylation sites is 1. The smallest absolute Gasteiger partial charge is 0.143 e. The molecular formula is C14H15N3S2. The van der Waals surface area contributed by atoms with Crippen molar-refractivity contribution in [3.63, 3.8) is 0 Å². The van der Waals surface area contributed by atoms with E-state index in [9.17, 15) is 0 Å². The summed E-state index contributed by atoms with van der Waals surface area (Å²) in [5, 5.41) is 4.01. The Bertz CT molecular complexity index is 666. The molecule has 0 aliphatic rings. The Morgan fingerprint density at radius 2 is 1.95 bits per heavy atom. The Kier molecular flexibility index (Phi) is 3.35. The quantitative estimate of drug-likeness (QED) is 0.790. The van der Waals surface area contributed by atoms with Crippen molar-refractivity contribution in [1.29, 1.82) is 0 Å². The van der Waals surface area contributed by atoms with Crippen molar-refractivity contribution in [3.05, 3.63) is 34.7 Å². The fraction of sp³-hybridized carbons (Fsp3) is 0.286. The zero-order valence-corrected chi connectivity index (χ0v) is 12.5. The van der Waals surface area contributed by atoms with Gasteiger partial charge in [-0.25, -0.2) is 9.97 Å². The summed E-state index contributed by atoms with van der Waals surface area (Å²) in [6.07, 6.45) is 0. The number of nitrogens with zero attached hydrogens (tertiary/aromatic N) is 2. The minimum absolute atomic E-state index is 0.00753. The molecule has 0 amide bonds. The standard InChI is InChI=1S/C14H15N3S2/c1-8(2)12(15)14-17-10(7-18-14)13-16-9-5-3-4-6-11(9)19-13/h3-8,12H,15H2,1-2H3. The van der Waals surface area contributed by atoms with Crippen LogP contribution < -0.4 is 5.73 Å². The van der Waals surface area contributed by atoms with Crippen LogP contribution in [0.4, 0.5) is 0 Å². The fourth-order valence-corrected chi connectivity index (χ4v) is 3.78. The van der Waals surface area contributed by atoms with Crippen molar-refractivity contribution in [2.24, 2.45) is 11.7 Å². The molecule has 98 valence electrons. The van der Waals surface area contributed by atoms with Crippen molar-refractivity contribution in [2.75, 3.05) is 0 Å². The van der Waals surface area contributed by atoms with Crippen molar-refractivity contribution in [2.45, 2.75) is 19.9 Å². The van der Waals surface area contributed by atoms with Gasteiger partial charge in [0, 0.05) is 5.38 Å². The predicted molar refractivity (Wildman–Crippen MR) is 82.5 cm³/mol. The van der Waals surface area contributed by atoms with E-state index in [4.69, 9.17) is 5.73 Å². The van der Waals surface area contributed by atoms with Gasteiger partial charge in [0.25, 0.3) is 0 Å². The average Bonchev–Trinajstić information content (AvgIpc) is 3.03. The molecule has 0 fully saturated rings. The maximum atomic E-state index is 6.14. The van der Waals surface area contributed by atoms with E-state index in [2.05, 4.69) is 35.3 Å². The van der Waals surface area contributed by atoms with E-state index in [1.165, 1.54) is 4.70 Å². The Balaban J connectivity index is 1.98. The number of thiazole rings is 2. The third-order valence-electron chi connectivity index (χ3n) is 3.04. The summed E-state index contributed by atoms with van der Waals surface area (Å²) in [7, 11) is 0. The van der Waals surface area contributed by atoms with Gasteiger partial charge in [-0.1, -0.05) is 26.0 Å². The molecule has 0 spiro atoms. The zero-order valence-electron chi connectivity index (χ0n) is 10.8. The molecule has 0 saturated carbocycles. The normalized spacial score (nSPS) is 13.3.